The van der Waals surface area contributed by atoms with Crippen LogP contribution in [0.1, 0.15) is 18.3 Å². The van der Waals surface area contributed by atoms with Crippen LogP contribution in [-0.2, 0) is 0 Å². The normalized spacial score (nSPS) is 13.3. The molecule has 0 fully saturated rings. The predicted molar refractivity (Wildman–Crippen MR) is 52.3 cm³/mol. The minimum absolute atomic E-state index is 0.158. The molecule has 1 atom stereocenters. The van der Waals surface area contributed by atoms with E-state index in [4.69, 9.17) is 11.5 Å². The van der Waals surface area contributed by atoms with Crippen LogP contribution in [0.15, 0.2) is 12.5 Å². The third-order valence-electron chi connectivity index (χ3n) is 2.01. The lowest BCUT2D eigenvalue weighted by atomic mass is 10.2. The summed E-state index contributed by atoms with van der Waals surface area (Å²) >= 11 is 0. The molecule has 2 rings (SSSR count). The number of aromatic amines is 1. The van der Waals surface area contributed by atoms with Crippen molar-refractivity contribution in [3.05, 3.63) is 18.3 Å². The maximum absolute atomic E-state index is 5.85. The summed E-state index contributed by atoms with van der Waals surface area (Å²) in [5.74, 6) is 0.714. The lowest BCUT2D eigenvalue weighted by Gasteiger charge is -2.04. The zero-order valence-electron chi connectivity index (χ0n) is 7.64. The molecule has 6 nitrogen and oxygen atoms in total. The highest BCUT2D eigenvalue weighted by atomic mass is 15.0. The molecule has 0 aliphatic rings. The quantitative estimate of drug-likeness (QED) is 0.619. The third kappa shape index (κ3) is 1.57. The van der Waals surface area contributed by atoms with E-state index >= 15 is 0 Å². The van der Waals surface area contributed by atoms with Crippen molar-refractivity contribution in [3.8, 4) is 0 Å². The van der Waals surface area contributed by atoms with Crippen LogP contribution in [0.4, 0.5) is 0 Å². The Morgan fingerprint density at radius 2 is 2.36 bits per heavy atom. The van der Waals surface area contributed by atoms with Gasteiger partial charge in [-0.2, -0.15) is 0 Å². The Kier molecular flexibility index (Phi) is 2.38. The Morgan fingerprint density at radius 1 is 1.50 bits per heavy atom. The highest BCUT2D eigenvalue weighted by Crippen LogP contribution is 2.13. The van der Waals surface area contributed by atoms with Gasteiger partial charge in [0.15, 0.2) is 5.65 Å². The highest BCUT2D eigenvalue weighted by Gasteiger charge is 2.10. The molecule has 2 heterocycles. The standard InChI is InChI=1S/C8H12N6/c9-2-1-5(10)7-13-6-3-11-4-12-8(6)14-7/h3-5H,1-2,9-10H2,(H,11,12,13,14). The summed E-state index contributed by atoms with van der Waals surface area (Å²) in [5.41, 5.74) is 12.7. The topological polar surface area (TPSA) is 106 Å². The minimum Gasteiger partial charge on any atom is -0.330 e. The number of nitrogens with two attached hydrogens (primary N) is 2. The molecule has 2 aromatic heterocycles. The van der Waals surface area contributed by atoms with E-state index in [-0.39, 0.29) is 6.04 Å². The van der Waals surface area contributed by atoms with Gasteiger partial charge in [0, 0.05) is 0 Å². The highest BCUT2D eigenvalue weighted by molar-refractivity contribution is 5.68. The first-order chi connectivity index (χ1) is 6.81. The van der Waals surface area contributed by atoms with Crippen LogP contribution in [0.3, 0.4) is 0 Å². The Balaban J connectivity index is 2.35. The molecule has 0 amide bonds. The van der Waals surface area contributed by atoms with Gasteiger partial charge in [0.05, 0.1) is 12.2 Å². The maximum atomic E-state index is 5.85. The van der Waals surface area contributed by atoms with Gasteiger partial charge in [-0.25, -0.2) is 15.0 Å². The van der Waals surface area contributed by atoms with Gasteiger partial charge < -0.3 is 16.5 Å². The number of nitrogens with zero attached hydrogens (tertiary/aromatic N) is 3. The smallest absolute Gasteiger partial charge is 0.160 e. The third-order valence-corrected chi connectivity index (χ3v) is 2.01. The molecule has 0 aliphatic heterocycles. The van der Waals surface area contributed by atoms with Gasteiger partial charge in [0.25, 0.3) is 0 Å². The van der Waals surface area contributed by atoms with E-state index in [0.29, 0.717) is 24.4 Å². The van der Waals surface area contributed by atoms with Crippen LogP contribution in [0, 0.1) is 0 Å². The molecule has 2 aromatic rings. The van der Waals surface area contributed by atoms with E-state index in [2.05, 4.69) is 19.9 Å². The Labute approximate surface area is 80.8 Å². The summed E-state index contributed by atoms with van der Waals surface area (Å²) in [6.07, 6.45) is 3.82. The fraction of sp³-hybridized carbons (Fsp3) is 0.375. The Bertz CT molecular complexity index is 389. The Morgan fingerprint density at radius 3 is 3.07 bits per heavy atom. The van der Waals surface area contributed by atoms with E-state index < -0.39 is 0 Å². The van der Waals surface area contributed by atoms with Gasteiger partial charge >= 0.3 is 0 Å². The molecule has 74 valence electrons. The first kappa shape index (κ1) is 9.04. The van der Waals surface area contributed by atoms with Gasteiger partial charge in [-0.1, -0.05) is 0 Å². The van der Waals surface area contributed by atoms with Crippen molar-refractivity contribution in [1.82, 2.24) is 19.9 Å². The van der Waals surface area contributed by atoms with E-state index in [1.54, 1.807) is 6.20 Å². The largest absolute Gasteiger partial charge is 0.330 e. The van der Waals surface area contributed by atoms with Crippen LogP contribution in [0.2, 0.25) is 0 Å². The summed E-state index contributed by atoms with van der Waals surface area (Å²) < 4.78 is 0. The minimum atomic E-state index is -0.158. The number of aromatic nitrogens is 4. The number of nitrogens with one attached hydrogen (secondary N) is 1. The van der Waals surface area contributed by atoms with Gasteiger partial charge in [0.1, 0.15) is 17.7 Å². The van der Waals surface area contributed by atoms with Crippen molar-refractivity contribution in [2.75, 3.05) is 6.54 Å². The average Bonchev–Trinajstić information content (AvgIpc) is 2.61. The lowest BCUT2D eigenvalue weighted by Crippen LogP contribution is -2.16. The fourth-order valence-electron chi connectivity index (χ4n) is 1.27. The number of imidazole rings is 1. The number of hydrogen-bond donors (Lipinski definition) is 3. The van der Waals surface area contributed by atoms with Crippen LogP contribution in [0.25, 0.3) is 11.2 Å². The number of hydrogen-bond acceptors (Lipinski definition) is 5. The monoisotopic (exact) mass is 192 g/mol. The van der Waals surface area contributed by atoms with E-state index in [9.17, 15) is 0 Å². The summed E-state index contributed by atoms with van der Waals surface area (Å²) in [5, 5.41) is 0. The molecule has 0 spiro atoms. The van der Waals surface area contributed by atoms with Crippen molar-refractivity contribution in [3.63, 3.8) is 0 Å². The fourth-order valence-corrected chi connectivity index (χ4v) is 1.27. The molecule has 5 N–H and O–H groups in total. The van der Waals surface area contributed by atoms with E-state index in [1.807, 2.05) is 0 Å². The van der Waals surface area contributed by atoms with Crippen molar-refractivity contribution < 1.29 is 0 Å². The van der Waals surface area contributed by atoms with E-state index in [0.717, 1.165) is 5.52 Å². The molecule has 0 saturated heterocycles. The Hall–Kier alpha value is -1.53. The molecule has 0 aromatic carbocycles. The van der Waals surface area contributed by atoms with Crippen LogP contribution < -0.4 is 11.5 Å². The van der Waals surface area contributed by atoms with Gasteiger partial charge in [-0.15, -0.1) is 0 Å². The first-order valence-electron chi connectivity index (χ1n) is 4.42. The van der Waals surface area contributed by atoms with Crippen molar-refractivity contribution in [2.45, 2.75) is 12.5 Å². The number of H-pyrrole nitrogens is 1. The van der Waals surface area contributed by atoms with Gasteiger partial charge in [-0.05, 0) is 13.0 Å². The lowest BCUT2D eigenvalue weighted by molar-refractivity contribution is 0.630. The zero-order chi connectivity index (χ0) is 9.97. The second-order valence-corrected chi connectivity index (χ2v) is 3.06. The first-order valence-corrected chi connectivity index (χ1v) is 4.42. The van der Waals surface area contributed by atoms with Crippen molar-refractivity contribution in [1.29, 1.82) is 0 Å². The molecule has 0 bridgehead atoms. The maximum Gasteiger partial charge on any atom is 0.160 e. The van der Waals surface area contributed by atoms with Gasteiger partial charge in [0.2, 0.25) is 0 Å². The summed E-state index contributed by atoms with van der Waals surface area (Å²) in [7, 11) is 0. The summed E-state index contributed by atoms with van der Waals surface area (Å²) in [6.45, 7) is 0.546. The second-order valence-electron chi connectivity index (χ2n) is 3.06. The van der Waals surface area contributed by atoms with Crippen molar-refractivity contribution in [2.24, 2.45) is 11.5 Å². The number of rotatable bonds is 3. The average molecular weight is 192 g/mol. The van der Waals surface area contributed by atoms with E-state index in [1.165, 1.54) is 6.33 Å². The molecule has 0 radical (unpaired) electrons. The summed E-state index contributed by atoms with van der Waals surface area (Å²) in [4.78, 5) is 15.2. The van der Waals surface area contributed by atoms with Gasteiger partial charge in [-0.3, -0.25) is 0 Å². The molecular formula is C8H12N6. The molecule has 1 unspecified atom stereocenters. The molecule has 0 aliphatic carbocycles. The summed E-state index contributed by atoms with van der Waals surface area (Å²) in [6, 6.07) is -0.158. The van der Waals surface area contributed by atoms with Crippen LogP contribution >= 0.6 is 0 Å². The molecule has 0 saturated carbocycles. The molecular weight excluding hydrogens is 180 g/mol. The van der Waals surface area contributed by atoms with Crippen molar-refractivity contribution >= 4 is 11.2 Å². The molecule has 14 heavy (non-hydrogen) atoms. The number of fused-ring (bicyclic) bond motifs is 1. The second kappa shape index (κ2) is 3.69. The SMILES string of the molecule is NCCC(N)c1nc2cncnc2[nH]1. The molecule has 6 heteroatoms. The zero-order valence-corrected chi connectivity index (χ0v) is 7.64. The predicted octanol–water partition coefficient (Wildman–Crippen LogP) is -0.298. The van der Waals surface area contributed by atoms with Crippen LogP contribution in [-0.4, -0.2) is 26.5 Å². The van der Waals surface area contributed by atoms with Crippen LogP contribution in [0.5, 0.6) is 0 Å².